The minimum Gasteiger partial charge on any atom is -0.463 e. The van der Waals surface area contributed by atoms with Crippen LogP contribution in [0.4, 0.5) is 22.0 Å². The van der Waals surface area contributed by atoms with Crippen LogP contribution in [0.1, 0.15) is 89.2 Å². The van der Waals surface area contributed by atoms with E-state index in [2.05, 4.69) is 36.9 Å². The molecule has 3 aliphatic rings. The number of carbonyl (C=O) groups is 3. The largest absolute Gasteiger partial charge is 0.463 e. The monoisotopic (exact) mass is 1690 g/mol. The van der Waals surface area contributed by atoms with Crippen molar-refractivity contribution in [2.45, 2.75) is 151 Å². The van der Waals surface area contributed by atoms with Crippen LogP contribution >= 0.6 is 57.6 Å². The second-order valence-corrected chi connectivity index (χ2v) is 33.4. The number of benzene rings is 3. The molecule has 18 atom stereocenters. The van der Waals surface area contributed by atoms with Gasteiger partial charge in [0, 0.05) is 0 Å². The van der Waals surface area contributed by atoms with Gasteiger partial charge in [-0.15, -0.1) is 19.3 Å². The number of aliphatic hydroxyl groups is 3. The SMILES string of the molecule is [2H]C([2H])(O[P@@](=O)(C[C@@H](C)C(=O)OC(C)C)Oc1ccccc1)[C@H]1O[C@@H](n2cc(F)c(N)nc2=O)C(Cl)(C#C)[C@H]1O.[2H]C([2H])(O[P@@](=O)(C[C@@H](C)C(=O)OC(C)C)Oc1ccccc1)[C@H]1O[C@@H](n2cnc(N)nc2=O)C(Cl)(C#C)[C@H]1O.[2H]C([2H])(O[P@@](=O)(C[C@@H](C)C(=O)OC(C)C)Oc1ccccc1)[C@H]1O[C@@H](n2ncc(N)nc2=O)C(Cl)(C#C)[C@H]1O. The van der Waals surface area contributed by atoms with Gasteiger partial charge >= 0.3 is 57.8 Å². The van der Waals surface area contributed by atoms with Crippen molar-refractivity contribution in [3.63, 3.8) is 0 Å². The highest BCUT2D eigenvalue weighted by molar-refractivity contribution is 7.55. The molecule has 3 aromatic carbocycles. The van der Waals surface area contributed by atoms with Gasteiger partial charge in [-0.1, -0.05) is 128 Å². The van der Waals surface area contributed by atoms with Crippen LogP contribution in [0.3, 0.4) is 0 Å². The molecule has 0 aliphatic carbocycles. The molecule has 6 aromatic rings. The van der Waals surface area contributed by atoms with Gasteiger partial charge in [0.2, 0.25) is 5.95 Å². The number of aliphatic hydroxyl groups excluding tert-OH is 3. The Bertz CT molecular complexity index is 4850. The zero-order valence-electron chi connectivity index (χ0n) is 67.0. The van der Waals surface area contributed by atoms with E-state index in [1.54, 1.807) is 96.1 Å². The molecule has 0 spiro atoms. The molecule has 606 valence electrons. The second kappa shape index (κ2) is 38.8. The predicted octanol–water partition coefficient (Wildman–Crippen LogP) is 6.64. The Morgan fingerprint density at radius 1 is 0.554 bits per heavy atom. The summed E-state index contributed by atoms with van der Waals surface area (Å²) in [6, 6.07) is 23.1. The molecule has 3 saturated heterocycles. The molecule has 9 N–H and O–H groups in total. The molecule has 3 fully saturated rings. The van der Waals surface area contributed by atoms with Crippen molar-refractivity contribution in [2.24, 2.45) is 17.8 Å². The zero-order valence-corrected chi connectivity index (χ0v) is 65.9. The first kappa shape index (κ1) is 81.2. The lowest BCUT2D eigenvalue weighted by Gasteiger charge is -2.25. The van der Waals surface area contributed by atoms with Crippen molar-refractivity contribution in [1.29, 1.82) is 0 Å². The summed E-state index contributed by atoms with van der Waals surface area (Å²) >= 11 is 19.3. The topological polar surface area (TPSA) is 482 Å². The molecule has 0 amide bonds. The molecule has 42 heteroatoms. The van der Waals surface area contributed by atoms with Crippen LogP contribution in [-0.4, -0.2) is 180 Å². The van der Waals surface area contributed by atoms with E-state index in [0.29, 0.717) is 15.4 Å². The van der Waals surface area contributed by atoms with E-state index in [0.717, 1.165) is 17.1 Å². The van der Waals surface area contributed by atoms with E-state index in [4.69, 9.17) is 135 Å². The van der Waals surface area contributed by atoms with E-state index >= 15 is 0 Å². The Morgan fingerprint density at radius 3 is 1.21 bits per heavy atom. The Kier molecular flexibility index (Phi) is 28.1. The first-order valence-electron chi connectivity index (χ1n) is 36.5. The van der Waals surface area contributed by atoms with E-state index in [1.165, 1.54) is 57.2 Å². The normalized spacial score (nSPS) is 26.8. The highest BCUT2D eigenvalue weighted by atomic mass is 35.5. The van der Waals surface area contributed by atoms with Crippen molar-refractivity contribution in [3.05, 3.63) is 147 Å². The van der Waals surface area contributed by atoms with E-state index in [-0.39, 0.29) is 29.0 Å². The molecule has 6 heterocycles. The summed E-state index contributed by atoms with van der Waals surface area (Å²) in [7, 11) is -13.6. The maximum atomic E-state index is 14.1. The molecule has 3 unspecified atom stereocenters. The molecule has 0 saturated carbocycles. The fourth-order valence-corrected chi connectivity index (χ4v) is 16.0. The summed E-state index contributed by atoms with van der Waals surface area (Å²) in [6.07, 6.45) is -1.58. The first-order valence-corrected chi connectivity index (χ1v) is 39.8. The summed E-state index contributed by atoms with van der Waals surface area (Å²) in [5, 5.41) is 36.7. The average molecular weight is 1690 g/mol. The number of ether oxygens (including phenoxy) is 6. The molecule has 3 aromatic heterocycles. The van der Waals surface area contributed by atoms with Crippen LogP contribution in [0.15, 0.2) is 124 Å². The molecule has 0 radical (unpaired) electrons. The van der Waals surface area contributed by atoms with Gasteiger partial charge in [-0.25, -0.2) is 37.5 Å². The third-order valence-electron chi connectivity index (χ3n) is 15.5. The molecular weight excluding hydrogens is 1600 g/mol. The number of esters is 3. The van der Waals surface area contributed by atoms with Gasteiger partial charge in [0.05, 0.1) is 94.8 Å². The van der Waals surface area contributed by atoms with Gasteiger partial charge < -0.3 is 74.5 Å². The fourth-order valence-electron chi connectivity index (χ4n) is 10.1. The minimum absolute atomic E-state index is 0.0297. The highest BCUT2D eigenvalue weighted by Crippen LogP contribution is 2.55. The number of halogens is 4. The van der Waals surface area contributed by atoms with Crippen molar-refractivity contribution >= 4 is 93.1 Å². The molecule has 112 heavy (non-hydrogen) atoms. The van der Waals surface area contributed by atoms with Crippen molar-refractivity contribution in [1.82, 2.24) is 38.9 Å². The quantitative estimate of drug-likeness (QED) is 0.00904. The number of terminal acetylenes is 3. The van der Waals surface area contributed by atoms with Crippen molar-refractivity contribution in [2.75, 3.05) is 55.4 Å². The fraction of sp³-hybridized carbons (Fsp3) is 0.471. The van der Waals surface area contributed by atoms with Crippen LogP contribution in [-0.2, 0) is 70.1 Å². The van der Waals surface area contributed by atoms with Crippen LogP contribution in [0.5, 0.6) is 17.2 Å². The van der Waals surface area contributed by atoms with Gasteiger partial charge in [-0.05, 0) is 77.9 Å². The second-order valence-electron chi connectivity index (χ2n) is 25.7. The number of nitrogens with zero attached hydrogens (tertiary/aromatic N) is 8. The smallest absolute Gasteiger partial charge is 0.380 e. The van der Waals surface area contributed by atoms with Crippen LogP contribution in [0, 0.1) is 60.6 Å². The lowest BCUT2D eigenvalue weighted by molar-refractivity contribution is -0.152. The number of hydrogen-bond donors (Lipinski definition) is 6. The van der Waals surface area contributed by atoms with Gasteiger partial charge in [0.25, 0.3) is 0 Å². The molecular formula is C70H84Cl3FN11O24P3. The first-order chi connectivity index (χ1) is 54.8. The standard InChI is InChI=1S/C24H28ClFN3O8P.2C23H28ClN4O8P/c1-5-24(25)19(30)18(36-22(24)29-11-17(26)20(27)28-23(29)32)12-34-38(33,37-16-9-7-6-8-10-16)13-15(4)21(31)35-14(2)3;1-5-23(24)19(29)17(35-21(23)28-22(31)27-18(25)11-26-28)12-33-37(32,36-16-9-7-6-8-10-16)13-15(4)20(30)34-14(2)3;1-5-23(24)18(29)17(35-20(23)28-13-26-21(25)27-22(28)31)11-33-37(32,36-16-9-7-6-8-10-16)12-15(4)19(30)34-14(2)3/h1,6-11,14-15,18-19,22,30H,12-13H2,2-4H3,(H2,27,28,32);1,6-11,14-15,17,19,21,29H,12-13H2,2-4H3,(H2,25,27,31);1,6-10,13-15,17-18,20,29H,11-12H2,2-4H3,(H2,25,27,31)/t15-,18-,19+,22-,24?,38+;15-,17-,19+,21-,23?,37+;15-,17-,18+,20-,23?,37+/m111/s1/i2*12D2;11D2. The predicted molar refractivity (Wildman–Crippen MR) is 404 cm³/mol. The number of nitrogens with two attached hydrogens (primary N) is 3. The van der Waals surface area contributed by atoms with Crippen LogP contribution in [0.25, 0.3) is 0 Å². The van der Waals surface area contributed by atoms with Crippen molar-refractivity contribution in [3.8, 4) is 54.3 Å². The Labute approximate surface area is 665 Å². The van der Waals surface area contributed by atoms with Crippen LogP contribution in [0.2, 0.25) is 0 Å². The number of alkyl halides is 3. The van der Waals surface area contributed by atoms with Gasteiger partial charge in [0.1, 0.15) is 66.0 Å². The average Bonchev–Trinajstić information content (AvgIpc) is 1.53. The minimum atomic E-state index is -4.58. The number of carbonyl (C=O) groups excluding carboxylic acids is 3. The number of aromatic nitrogens is 8. The van der Waals surface area contributed by atoms with Gasteiger partial charge in [-0.3, -0.25) is 37.1 Å². The summed E-state index contributed by atoms with van der Waals surface area (Å²) in [4.78, 5) is 81.7. The molecule has 3 aliphatic heterocycles. The maximum Gasteiger partial charge on any atom is 0.380 e. The maximum absolute atomic E-state index is 14.1. The van der Waals surface area contributed by atoms with Gasteiger partial charge in [0.15, 0.2) is 44.9 Å². The Morgan fingerprint density at radius 2 is 0.884 bits per heavy atom. The molecule has 35 nitrogen and oxygen atoms in total. The summed E-state index contributed by atoms with van der Waals surface area (Å²) in [5.74, 6) is -1.34. The lowest BCUT2D eigenvalue weighted by atomic mass is 9.99. The molecule has 9 rings (SSSR count). The molecule has 0 bridgehead atoms. The lowest BCUT2D eigenvalue weighted by Crippen LogP contribution is -2.44. The summed E-state index contributed by atoms with van der Waals surface area (Å²) in [6.45, 7) is 4.64. The van der Waals surface area contributed by atoms with Gasteiger partial charge in [-0.2, -0.15) is 24.7 Å². The van der Waals surface area contributed by atoms with Crippen molar-refractivity contribution < 1.29 is 112 Å². The summed E-state index contributed by atoms with van der Waals surface area (Å²) in [5.41, 5.74) is 13.0. The van der Waals surface area contributed by atoms with E-state index in [9.17, 15) is 62.2 Å². The zero-order chi connectivity index (χ0) is 88.4. The third-order valence-corrected chi connectivity index (χ3v) is 22.7. The number of anilines is 3. The highest BCUT2D eigenvalue weighted by Gasteiger charge is 2.60. The number of nitrogen functional groups attached to an aromatic ring is 3. The Hall–Kier alpha value is -8.82. The number of para-hydroxylation sites is 3. The van der Waals surface area contributed by atoms with Crippen LogP contribution < -0.4 is 47.8 Å². The summed E-state index contributed by atoms with van der Waals surface area (Å²) < 4.78 is 174. The number of rotatable bonds is 30. The number of hydrogen-bond acceptors (Lipinski definition) is 32. The van der Waals surface area contributed by atoms with E-state index < -0.39 is 214 Å². The Balaban J connectivity index is 0.000000244. The van der Waals surface area contributed by atoms with E-state index in [1.807, 2.05) is 5.92 Å². The third kappa shape index (κ3) is 23.0.